The van der Waals surface area contributed by atoms with Crippen LogP contribution >= 0.6 is 0 Å². The van der Waals surface area contributed by atoms with Crippen LogP contribution in [0.5, 0.6) is 0 Å². The summed E-state index contributed by atoms with van der Waals surface area (Å²) in [7, 11) is 0. The van der Waals surface area contributed by atoms with E-state index >= 15 is 0 Å². The van der Waals surface area contributed by atoms with Gasteiger partial charge in [-0.2, -0.15) is 0 Å². The average molecular weight is 269 g/mol. The second-order valence-electron chi connectivity index (χ2n) is 5.38. The number of carbonyl (C=O) groups excluding carboxylic acids is 2. The number of aliphatic carboxylic acids is 1. The molecule has 3 amide bonds. The monoisotopic (exact) mass is 269 g/mol. The van der Waals surface area contributed by atoms with E-state index in [1.54, 1.807) is 4.90 Å². The van der Waals surface area contributed by atoms with Crippen molar-refractivity contribution >= 4 is 17.9 Å². The van der Waals surface area contributed by atoms with Crippen LogP contribution in [0.2, 0.25) is 0 Å². The zero-order chi connectivity index (χ0) is 14.0. The van der Waals surface area contributed by atoms with Crippen molar-refractivity contribution in [2.45, 2.75) is 32.2 Å². The van der Waals surface area contributed by atoms with E-state index in [-0.39, 0.29) is 24.5 Å². The number of nitrogens with zero attached hydrogens (tertiary/aromatic N) is 1. The molecule has 2 rings (SSSR count). The van der Waals surface area contributed by atoms with Gasteiger partial charge in [-0.15, -0.1) is 0 Å². The van der Waals surface area contributed by atoms with Crippen molar-refractivity contribution in [3.63, 3.8) is 0 Å². The van der Waals surface area contributed by atoms with Gasteiger partial charge >= 0.3 is 12.0 Å². The molecule has 19 heavy (non-hydrogen) atoms. The Bertz CT molecular complexity index is 406. The predicted molar refractivity (Wildman–Crippen MR) is 66.5 cm³/mol. The van der Waals surface area contributed by atoms with Crippen molar-refractivity contribution in [3.8, 4) is 0 Å². The van der Waals surface area contributed by atoms with E-state index in [1.165, 1.54) is 6.92 Å². The number of urea groups is 1. The fourth-order valence-electron chi connectivity index (χ4n) is 2.32. The summed E-state index contributed by atoms with van der Waals surface area (Å²) in [5, 5.41) is 14.5. The highest BCUT2D eigenvalue weighted by Crippen LogP contribution is 2.45. The first-order chi connectivity index (χ1) is 8.93. The maximum absolute atomic E-state index is 11.9. The quantitative estimate of drug-likeness (QED) is 0.656. The zero-order valence-corrected chi connectivity index (χ0v) is 10.9. The minimum absolute atomic E-state index is 0.00221. The largest absolute Gasteiger partial charge is 0.481 e. The number of nitrogens with one attached hydrogen (secondary N) is 2. The Labute approximate surface area is 111 Å². The molecule has 0 aromatic heterocycles. The molecule has 0 radical (unpaired) electrons. The first kappa shape index (κ1) is 13.6. The van der Waals surface area contributed by atoms with E-state index in [2.05, 4.69) is 10.6 Å². The summed E-state index contributed by atoms with van der Waals surface area (Å²) in [6.07, 6.45) is 1.98. The van der Waals surface area contributed by atoms with Gasteiger partial charge in [-0.1, -0.05) is 0 Å². The van der Waals surface area contributed by atoms with Gasteiger partial charge < -0.3 is 20.6 Å². The van der Waals surface area contributed by atoms with E-state index < -0.39 is 11.4 Å². The Morgan fingerprint density at radius 2 is 2.05 bits per heavy atom. The van der Waals surface area contributed by atoms with Crippen molar-refractivity contribution in [1.29, 1.82) is 0 Å². The molecule has 1 saturated heterocycles. The van der Waals surface area contributed by atoms with Gasteiger partial charge in [0, 0.05) is 32.6 Å². The number of rotatable bonds is 4. The molecule has 1 atom stereocenters. The summed E-state index contributed by atoms with van der Waals surface area (Å²) in [6.45, 7) is 2.69. The maximum Gasteiger partial charge on any atom is 0.317 e. The lowest BCUT2D eigenvalue weighted by Gasteiger charge is -2.19. The Balaban J connectivity index is 1.76. The van der Waals surface area contributed by atoms with Gasteiger partial charge in [-0.05, 0) is 19.3 Å². The van der Waals surface area contributed by atoms with Crippen LogP contribution in [0.25, 0.3) is 0 Å². The summed E-state index contributed by atoms with van der Waals surface area (Å²) in [5.74, 6) is -0.944. The molecule has 0 bridgehead atoms. The van der Waals surface area contributed by atoms with Gasteiger partial charge in [-0.3, -0.25) is 9.59 Å². The first-order valence-corrected chi connectivity index (χ1v) is 6.46. The van der Waals surface area contributed by atoms with Crippen molar-refractivity contribution in [3.05, 3.63) is 0 Å². The van der Waals surface area contributed by atoms with Crippen molar-refractivity contribution in [1.82, 2.24) is 15.5 Å². The number of carboxylic acids is 1. The average Bonchev–Trinajstić information content (AvgIpc) is 3.00. The van der Waals surface area contributed by atoms with Crippen LogP contribution < -0.4 is 10.6 Å². The fourth-order valence-corrected chi connectivity index (χ4v) is 2.32. The number of amides is 3. The summed E-state index contributed by atoms with van der Waals surface area (Å²) >= 11 is 0. The van der Waals surface area contributed by atoms with E-state index in [0.717, 1.165) is 6.42 Å². The number of hydrogen-bond acceptors (Lipinski definition) is 3. The number of likely N-dealkylation sites (tertiary alicyclic amines) is 1. The van der Waals surface area contributed by atoms with Crippen LogP contribution in [0.1, 0.15) is 26.2 Å². The van der Waals surface area contributed by atoms with Crippen LogP contribution in [0, 0.1) is 5.41 Å². The summed E-state index contributed by atoms with van der Waals surface area (Å²) in [5.41, 5.74) is -0.744. The highest BCUT2D eigenvalue weighted by molar-refractivity contribution is 5.80. The predicted octanol–water partition coefficient (Wildman–Crippen LogP) is -0.229. The standard InChI is InChI=1S/C12H19N3O4/c1-8(16)14-9-2-5-15(6-9)11(19)13-7-12(3-4-12)10(17)18/h9H,2-7H2,1H3,(H,13,19)(H,14,16)(H,17,18). The molecule has 3 N–H and O–H groups in total. The molecule has 2 aliphatic rings. The second-order valence-corrected chi connectivity index (χ2v) is 5.38. The van der Waals surface area contributed by atoms with Gasteiger partial charge in [-0.25, -0.2) is 4.79 Å². The van der Waals surface area contributed by atoms with E-state index in [1.807, 2.05) is 0 Å². The summed E-state index contributed by atoms with van der Waals surface area (Å²) in [4.78, 5) is 35.4. The zero-order valence-electron chi connectivity index (χ0n) is 10.9. The molecular weight excluding hydrogens is 250 g/mol. The van der Waals surface area contributed by atoms with Crippen LogP contribution in [0.3, 0.4) is 0 Å². The van der Waals surface area contributed by atoms with E-state index in [9.17, 15) is 14.4 Å². The lowest BCUT2D eigenvalue weighted by atomic mass is 10.1. The van der Waals surface area contributed by atoms with Gasteiger partial charge in [0.15, 0.2) is 0 Å². The van der Waals surface area contributed by atoms with Crippen LogP contribution in [0.4, 0.5) is 4.79 Å². The highest BCUT2D eigenvalue weighted by atomic mass is 16.4. The molecule has 0 aromatic carbocycles. The van der Waals surface area contributed by atoms with Crippen LogP contribution in [-0.2, 0) is 9.59 Å². The van der Waals surface area contributed by atoms with Crippen LogP contribution in [-0.4, -0.2) is 53.6 Å². The molecule has 7 heteroatoms. The molecule has 1 aliphatic carbocycles. The topological polar surface area (TPSA) is 98.7 Å². The minimum atomic E-state index is -0.842. The third-order valence-electron chi connectivity index (χ3n) is 3.77. The molecule has 1 unspecified atom stereocenters. The van der Waals surface area contributed by atoms with Gasteiger partial charge in [0.05, 0.1) is 5.41 Å². The summed E-state index contributed by atoms with van der Waals surface area (Å²) < 4.78 is 0. The molecular formula is C12H19N3O4. The number of carboxylic acid groups (broad SMARTS) is 1. The molecule has 0 spiro atoms. The fraction of sp³-hybridized carbons (Fsp3) is 0.750. The minimum Gasteiger partial charge on any atom is -0.481 e. The normalized spacial score (nSPS) is 23.8. The van der Waals surface area contributed by atoms with Crippen LogP contribution in [0.15, 0.2) is 0 Å². The Hall–Kier alpha value is -1.79. The second kappa shape index (κ2) is 5.07. The van der Waals surface area contributed by atoms with Crippen molar-refractivity contribution in [2.75, 3.05) is 19.6 Å². The Morgan fingerprint density at radius 3 is 2.58 bits per heavy atom. The van der Waals surface area contributed by atoms with Gasteiger partial charge in [0.25, 0.3) is 0 Å². The molecule has 7 nitrogen and oxygen atoms in total. The SMILES string of the molecule is CC(=O)NC1CCN(C(=O)NCC2(C(=O)O)CC2)C1. The molecule has 0 aromatic rings. The van der Waals surface area contributed by atoms with E-state index in [4.69, 9.17) is 5.11 Å². The highest BCUT2D eigenvalue weighted by Gasteiger charge is 2.50. The lowest BCUT2D eigenvalue weighted by Crippen LogP contribution is -2.44. The molecule has 1 heterocycles. The Morgan fingerprint density at radius 1 is 1.37 bits per heavy atom. The Kier molecular flexibility index (Phi) is 3.64. The third-order valence-corrected chi connectivity index (χ3v) is 3.77. The smallest absolute Gasteiger partial charge is 0.317 e. The third kappa shape index (κ3) is 3.15. The first-order valence-electron chi connectivity index (χ1n) is 6.46. The van der Waals surface area contributed by atoms with E-state index in [0.29, 0.717) is 25.9 Å². The maximum atomic E-state index is 11.9. The lowest BCUT2D eigenvalue weighted by molar-refractivity contribution is -0.143. The molecule has 106 valence electrons. The molecule has 2 fully saturated rings. The number of carbonyl (C=O) groups is 3. The number of hydrogen-bond donors (Lipinski definition) is 3. The van der Waals surface area contributed by atoms with Gasteiger partial charge in [0.2, 0.25) is 5.91 Å². The van der Waals surface area contributed by atoms with Gasteiger partial charge in [0.1, 0.15) is 0 Å². The molecule has 1 saturated carbocycles. The summed E-state index contributed by atoms with van der Waals surface area (Å²) in [6, 6.07) is -0.252. The van der Waals surface area contributed by atoms with Crippen molar-refractivity contribution in [2.24, 2.45) is 5.41 Å². The van der Waals surface area contributed by atoms with Crippen molar-refractivity contribution < 1.29 is 19.5 Å². The molecule has 1 aliphatic heterocycles.